The molecule has 1 atom stereocenters. The Labute approximate surface area is 134 Å². The highest BCUT2D eigenvalue weighted by molar-refractivity contribution is 6.04. The molecule has 0 unspecified atom stereocenters. The molecule has 0 spiro atoms. The Morgan fingerprint density at radius 1 is 1.13 bits per heavy atom. The standard InChI is InChI=1S/C18H19NO4/c1-3-12(2)23-16-9-7-13(8-10-16)17(20)19-15-6-4-5-14(11-15)18(21)22/h4-12H,3H2,1-2H3,(H,19,20)(H,21,22)/t12-/m1/s1. The molecule has 0 aromatic heterocycles. The molecule has 0 saturated heterocycles. The van der Waals surface area contributed by atoms with Crippen LogP contribution < -0.4 is 10.1 Å². The number of carbonyl (C=O) groups excluding carboxylic acids is 1. The summed E-state index contributed by atoms with van der Waals surface area (Å²) in [5.41, 5.74) is 1.04. The molecular weight excluding hydrogens is 294 g/mol. The number of carbonyl (C=O) groups is 2. The highest BCUT2D eigenvalue weighted by atomic mass is 16.5. The average molecular weight is 313 g/mol. The van der Waals surface area contributed by atoms with E-state index in [1.165, 1.54) is 12.1 Å². The fourth-order valence-corrected chi connectivity index (χ4v) is 1.93. The smallest absolute Gasteiger partial charge is 0.335 e. The van der Waals surface area contributed by atoms with E-state index in [4.69, 9.17) is 9.84 Å². The molecule has 2 N–H and O–H groups in total. The number of anilines is 1. The minimum absolute atomic E-state index is 0.119. The number of rotatable bonds is 6. The zero-order valence-electron chi connectivity index (χ0n) is 13.1. The van der Waals surface area contributed by atoms with E-state index in [1.807, 2.05) is 13.8 Å². The lowest BCUT2D eigenvalue weighted by Crippen LogP contribution is -2.13. The van der Waals surface area contributed by atoms with Crippen LogP contribution in [0.25, 0.3) is 0 Å². The third kappa shape index (κ3) is 4.57. The van der Waals surface area contributed by atoms with E-state index in [2.05, 4.69) is 5.32 Å². The van der Waals surface area contributed by atoms with Gasteiger partial charge in [-0.05, 0) is 55.8 Å². The van der Waals surface area contributed by atoms with Crippen LogP contribution in [0.4, 0.5) is 5.69 Å². The summed E-state index contributed by atoms with van der Waals surface area (Å²) in [6.07, 6.45) is 1.02. The van der Waals surface area contributed by atoms with Crippen molar-refractivity contribution in [2.24, 2.45) is 0 Å². The monoisotopic (exact) mass is 313 g/mol. The van der Waals surface area contributed by atoms with E-state index in [0.29, 0.717) is 17.0 Å². The van der Waals surface area contributed by atoms with Crippen molar-refractivity contribution in [2.75, 3.05) is 5.32 Å². The molecule has 5 nitrogen and oxygen atoms in total. The van der Waals surface area contributed by atoms with Crippen LogP contribution in [0.2, 0.25) is 0 Å². The number of ether oxygens (including phenoxy) is 1. The number of hydrogen-bond donors (Lipinski definition) is 2. The van der Waals surface area contributed by atoms with E-state index in [-0.39, 0.29) is 17.6 Å². The third-order valence-corrected chi connectivity index (χ3v) is 3.40. The summed E-state index contributed by atoms with van der Waals surface area (Å²) in [4.78, 5) is 23.1. The number of hydrogen-bond acceptors (Lipinski definition) is 3. The van der Waals surface area contributed by atoms with Gasteiger partial charge >= 0.3 is 5.97 Å². The summed E-state index contributed by atoms with van der Waals surface area (Å²) in [5.74, 6) is -0.626. The first kappa shape index (κ1) is 16.5. The molecule has 0 aliphatic heterocycles. The van der Waals surface area contributed by atoms with Gasteiger partial charge in [0.2, 0.25) is 0 Å². The van der Waals surface area contributed by atoms with E-state index in [0.717, 1.165) is 6.42 Å². The molecule has 0 heterocycles. The molecule has 23 heavy (non-hydrogen) atoms. The maximum atomic E-state index is 12.2. The van der Waals surface area contributed by atoms with Gasteiger partial charge in [0.15, 0.2) is 0 Å². The maximum Gasteiger partial charge on any atom is 0.335 e. The summed E-state index contributed by atoms with van der Waals surface area (Å²) in [5, 5.41) is 11.6. The summed E-state index contributed by atoms with van der Waals surface area (Å²) in [7, 11) is 0. The molecular formula is C18H19NO4. The van der Waals surface area contributed by atoms with Gasteiger partial charge in [0, 0.05) is 11.3 Å². The van der Waals surface area contributed by atoms with Crippen LogP contribution in [-0.4, -0.2) is 23.1 Å². The van der Waals surface area contributed by atoms with Crippen molar-refractivity contribution in [1.82, 2.24) is 0 Å². The molecule has 0 aliphatic carbocycles. The van der Waals surface area contributed by atoms with Crippen LogP contribution in [0.3, 0.4) is 0 Å². The highest BCUT2D eigenvalue weighted by Crippen LogP contribution is 2.17. The summed E-state index contributed by atoms with van der Waals surface area (Å²) in [6.45, 7) is 4.02. The van der Waals surface area contributed by atoms with Crippen LogP contribution in [0, 0.1) is 0 Å². The van der Waals surface area contributed by atoms with Gasteiger partial charge in [-0.3, -0.25) is 4.79 Å². The maximum absolute atomic E-state index is 12.2. The first-order valence-corrected chi connectivity index (χ1v) is 7.41. The van der Waals surface area contributed by atoms with Crippen LogP contribution in [0.1, 0.15) is 41.0 Å². The van der Waals surface area contributed by atoms with E-state index in [1.54, 1.807) is 36.4 Å². The molecule has 0 fully saturated rings. The van der Waals surface area contributed by atoms with Crippen molar-refractivity contribution in [3.63, 3.8) is 0 Å². The van der Waals surface area contributed by atoms with Gasteiger partial charge in [-0.2, -0.15) is 0 Å². The Morgan fingerprint density at radius 2 is 1.83 bits per heavy atom. The summed E-state index contributed by atoms with van der Waals surface area (Å²) < 4.78 is 5.66. The number of benzene rings is 2. The fourth-order valence-electron chi connectivity index (χ4n) is 1.93. The Balaban J connectivity index is 2.06. The Bertz CT molecular complexity index is 694. The molecule has 2 aromatic rings. The van der Waals surface area contributed by atoms with E-state index >= 15 is 0 Å². The zero-order valence-corrected chi connectivity index (χ0v) is 13.1. The third-order valence-electron chi connectivity index (χ3n) is 3.40. The van der Waals surface area contributed by atoms with Crippen LogP contribution >= 0.6 is 0 Å². The lowest BCUT2D eigenvalue weighted by atomic mass is 10.1. The molecule has 1 amide bonds. The van der Waals surface area contributed by atoms with Crippen molar-refractivity contribution < 1.29 is 19.4 Å². The van der Waals surface area contributed by atoms with Crippen molar-refractivity contribution in [1.29, 1.82) is 0 Å². The molecule has 5 heteroatoms. The van der Waals surface area contributed by atoms with E-state index in [9.17, 15) is 9.59 Å². The van der Waals surface area contributed by atoms with Crippen molar-refractivity contribution in [2.45, 2.75) is 26.4 Å². The van der Waals surface area contributed by atoms with Gasteiger partial charge in [-0.1, -0.05) is 13.0 Å². The minimum Gasteiger partial charge on any atom is -0.491 e. The van der Waals surface area contributed by atoms with E-state index < -0.39 is 5.97 Å². The van der Waals surface area contributed by atoms with Gasteiger partial charge in [0.25, 0.3) is 5.91 Å². The predicted octanol–water partition coefficient (Wildman–Crippen LogP) is 3.81. The Morgan fingerprint density at radius 3 is 2.43 bits per heavy atom. The van der Waals surface area contributed by atoms with Gasteiger partial charge in [0.1, 0.15) is 5.75 Å². The minimum atomic E-state index is -1.03. The first-order valence-electron chi connectivity index (χ1n) is 7.41. The number of aromatic carboxylic acids is 1. The Hall–Kier alpha value is -2.82. The van der Waals surface area contributed by atoms with Crippen molar-refractivity contribution in [3.05, 3.63) is 59.7 Å². The van der Waals surface area contributed by atoms with Crippen LogP contribution in [0.15, 0.2) is 48.5 Å². The first-order chi connectivity index (χ1) is 11.0. The van der Waals surface area contributed by atoms with Gasteiger partial charge < -0.3 is 15.2 Å². The second-order valence-electron chi connectivity index (χ2n) is 5.20. The second kappa shape index (κ2) is 7.45. The molecule has 2 aromatic carbocycles. The summed E-state index contributed by atoms with van der Waals surface area (Å²) in [6, 6.07) is 13.0. The molecule has 0 aliphatic rings. The number of amides is 1. The van der Waals surface area contributed by atoms with Crippen LogP contribution in [-0.2, 0) is 0 Å². The lowest BCUT2D eigenvalue weighted by Gasteiger charge is -2.12. The quantitative estimate of drug-likeness (QED) is 0.850. The topological polar surface area (TPSA) is 75.6 Å². The fraction of sp³-hybridized carbons (Fsp3) is 0.222. The molecule has 2 rings (SSSR count). The van der Waals surface area contributed by atoms with Crippen molar-refractivity contribution in [3.8, 4) is 5.75 Å². The largest absolute Gasteiger partial charge is 0.491 e. The summed E-state index contributed by atoms with van der Waals surface area (Å²) >= 11 is 0. The number of carboxylic acids is 1. The second-order valence-corrected chi connectivity index (χ2v) is 5.20. The molecule has 120 valence electrons. The van der Waals surface area contributed by atoms with Crippen molar-refractivity contribution >= 4 is 17.6 Å². The average Bonchev–Trinajstić information content (AvgIpc) is 2.55. The number of nitrogens with one attached hydrogen (secondary N) is 1. The number of carboxylic acid groups (broad SMARTS) is 1. The van der Waals surface area contributed by atoms with Gasteiger partial charge in [-0.15, -0.1) is 0 Å². The highest BCUT2D eigenvalue weighted by Gasteiger charge is 2.09. The molecule has 0 bridgehead atoms. The molecule has 0 saturated carbocycles. The molecule has 0 radical (unpaired) electrons. The van der Waals surface area contributed by atoms with Gasteiger partial charge in [-0.25, -0.2) is 4.79 Å². The zero-order chi connectivity index (χ0) is 16.8. The van der Waals surface area contributed by atoms with Gasteiger partial charge in [0.05, 0.1) is 11.7 Å². The normalized spacial score (nSPS) is 11.6. The SMILES string of the molecule is CC[C@@H](C)Oc1ccc(C(=O)Nc2cccc(C(=O)O)c2)cc1. The van der Waals surface area contributed by atoms with Crippen LogP contribution in [0.5, 0.6) is 5.75 Å². The predicted molar refractivity (Wildman–Crippen MR) is 88.2 cm³/mol. The Kier molecular flexibility index (Phi) is 5.36. The lowest BCUT2D eigenvalue weighted by molar-refractivity contribution is 0.0696.